The molecule has 1 nitrogen and oxygen atoms in total. The fourth-order valence-corrected chi connectivity index (χ4v) is 2.80. The van der Waals surface area contributed by atoms with Crippen molar-refractivity contribution in [3.63, 3.8) is 0 Å². The van der Waals surface area contributed by atoms with Crippen LogP contribution in [0, 0.1) is 12.8 Å². The molecule has 112 valence electrons. The van der Waals surface area contributed by atoms with Gasteiger partial charge in [0, 0.05) is 0 Å². The van der Waals surface area contributed by atoms with Crippen molar-refractivity contribution in [2.75, 3.05) is 13.1 Å². The third-order valence-corrected chi connectivity index (χ3v) is 4.00. The molecule has 2 rings (SSSR count). The lowest BCUT2D eigenvalue weighted by molar-refractivity contribution is 0.470. The van der Waals surface area contributed by atoms with Gasteiger partial charge in [-0.15, -0.1) is 0 Å². The van der Waals surface area contributed by atoms with Crippen LogP contribution >= 0.6 is 0 Å². The lowest BCUT2D eigenvalue weighted by Gasteiger charge is -2.19. The molecule has 0 bridgehead atoms. The van der Waals surface area contributed by atoms with E-state index in [-0.39, 0.29) is 0 Å². The fraction of sp³-hybridized carbons (Fsp3) is 0.400. The first-order valence-corrected chi connectivity index (χ1v) is 8.08. The molecular weight excluding hydrogens is 254 g/mol. The van der Waals surface area contributed by atoms with E-state index in [1.165, 1.54) is 23.1 Å². The summed E-state index contributed by atoms with van der Waals surface area (Å²) in [7, 11) is 0. The van der Waals surface area contributed by atoms with Gasteiger partial charge in [0.2, 0.25) is 0 Å². The van der Waals surface area contributed by atoms with Gasteiger partial charge in [-0.1, -0.05) is 61.5 Å². The largest absolute Gasteiger partial charge is 0.316 e. The summed E-state index contributed by atoms with van der Waals surface area (Å²) in [4.78, 5) is 0. The summed E-state index contributed by atoms with van der Waals surface area (Å²) in [6.45, 7) is 6.64. The molecule has 0 radical (unpaired) electrons. The molecule has 0 aromatic heterocycles. The van der Waals surface area contributed by atoms with Gasteiger partial charge in [-0.2, -0.15) is 0 Å². The second-order valence-corrected chi connectivity index (χ2v) is 5.89. The van der Waals surface area contributed by atoms with Gasteiger partial charge in [0.1, 0.15) is 0 Å². The summed E-state index contributed by atoms with van der Waals surface area (Å²) >= 11 is 0. The van der Waals surface area contributed by atoms with E-state index >= 15 is 0 Å². The Bertz CT molecular complexity index is 518. The molecule has 2 aromatic carbocycles. The highest BCUT2D eigenvalue weighted by atomic mass is 14.8. The number of hydrogen-bond acceptors (Lipinski definition) is 1. The Morgan fingerprint density at radius 3 is 2.33 bits per heavy atom. The summed E-state index contributed by atoms with van der Waals surface area (Å²) in [5.41, 5.74) is 4.33. The Hall–Kier alpha value is -1.60. The molecule has 1 N–H and O–H groups in total. The number of rotatable bonds is 8. The average molecular weight is 281 g/mol. The second kappa shape index (κ2) is 8.63. The first kappa shape index (κ1) is 15.8. The van der Waals surface area contributed by atoms with Crippen molar-refractivity contribution >= 4 is 0 Å². The van der Waals surface area contributed by atoms with Crippen LogP contribution in [0.5, 0.6) is 0 Å². The van der Waals surface area contributed by atoms with Gasteiger partial charge in [-0.3, -0.25) is 0 Å². The highest BCUT2D eigenvalue weighted by Gasteiger charge is 2.11. The SMILES string of the molecule is CCCNCC(Cc1ccccc1)Cc1ccccc1C. The summed E-state index contributed by atoms with van der Waals surface area (Å²) < 4.78 is 0. The zero-order valence-electron chi connectivity index (χ0n) is 13.3. The summed E-state index contributed by atoms with van der Waals surface area (Å²) in [5.74, 6) is 0.653. The normalized spacial score (nSPS) is 12.3. The lowest BCUT2D eigenvalue weighted by atomic mass is 9.90. The smallest absolute Gasteiger partial charge is 0.00142 e. The van der Waals surface area contributed by atoms with Crippen LogP contribution in [0.15, 0.2) is 54.6 Å². The Morgan fingerprint density at radius 1 is 0.905 bits per heavy atom. The van der Waals surface area contributed by atoms with Crippen LogP contribution in [0.4, 0.5) is 0 Å². The minimum Gasteiger partial charge on any atom is -0.316 e. The standard InChI is InChI=1S/C20H27N/c1-3-13-21-16-19(14-18-10-5-4-6-11-18)15-20-12-8-7-9-17(20)2/h4-12,19,21H,3,13-16H2,1-2H3. The minimum absolute atomic E-state index is 0.653. The van der Waals surface area contributed by atoms with E-state index in [1.807, 2.05) is 0 Å². The molecule has 2 aromatic rings. The molecule has 0 saturated carbocycles. The molecule has 1 unspecified atom stereocenters. The monoisotopic (exact) mass is 281 g/mol. The van der Waals surface area contributed by atoms with Crippen molar-refractivity contribution in [3.8, 4) is 0 Å². The summed E-state index contributed by atoms with van der Waals surface area (Å²) in [6, 6.07) is 19.6. The maximum Gasteiger partial charge on any atom is -0.00142 e. The van der Waals surface area contributed by atoms with Gasteiger partial charge < -0.3 is 5.32 Å². The predicted octanol–water partition coefficient (Wildman–Crippen LogP) is 4.40. The molecule has 1 atom stereocenters. The Labute approximate surface area is 129 Å². The van der Waals surface area contributed by atoms with Gasteiger partial charge in [-0.25, -0.2) is 0 Å². The molecular formula is C20H27N. The molecule has 0 heterocycles. The van der Waals surface area contributed by atoms with E-state index in [0.717, 1.165) is 25.9 Å². The van der Waals surface area contributed by atoms with Gasteiger partial charge in [0.15, 0.2) is 0 Å². The molecule has 0 aliphatic carbocycles. The van der Waals surface area contributed by atoms with Crippen molar-refractivity contribution < 1.29 is 0 Å². The van der Waals surface area contributed by atoms with E-state index in [1.54, 1.807) is 0 Å². The first-order chi connectivity index (χ1) is 10.3. The Balaban J connectivity index is 2.03. The predicted molar refractivity (Wildman–Crippen MR) is 91.7 cm³/mol. The lowest BCUT2D eigenvalue weighted by Crippen LogP contribution is -2.26. The molecule has 1 heteroatoms. The zero-order chi connectivity index (χ0) is 14.9. The third-order valence-electron chi connectivity index (χ3n) is 4.00. The average Bonchev–Trinajstić information content (AvgIpc) is 2.51. The van der Waals surface area contributed by atoms with E-state index in [4.69, 9.17) is 0 Å². The fourth-order valence-electron chi connectivity index (χ4n) is 2.80. The van der Waals surface area contributed by atoms with Crippen molar-refractivity contribution in [2.45, 2.75) is 33.1 Å². The molecule has 0 saturated heterocycles. The highest BCUT2D eigenvalue weighted by molar-refractivity contribution is 5.26. The quantitative estimate of drug-likeness (QED) is 0.707. The van der Waals surface area contributed by atoms with E-state index in [9.17, 15) is 0 Å². The molecule has 0 aliphatic rings. The van der Waals surface area contributed by atoms with E-state index in [0.29, 0.717) is 5.92 Å². The topological polar surface area (TPSA) is 12.0 Å². The Kier molecular flexibility index (Phi) is 6.49. The van der Waals surface area contributed by atoms with Gasteiger partial charge in [0.25, 0.3) is 0 Å². The van der Waals surface area contributed by atoms with Crippen molar-refractivity contribution in [2.24, 2.45) is 5.92 Å². The van der Waals surface area contributed by atoms with Gasteiger partial charge in [-0.05, 0) is 61.9 Å². The first-order valence-electron chi connectivity index (χ1n) is 8.08. The maximum absolute atomic E-state index is 3.60. The summed E-state index contributed by atoms with van der Waals surface area (Å²) in [6.07, 6.45) is 3.49. The number of nitrogens with one attached hydrogen (secondary N) is 1. The van der Waals surface area contributed by atoms with Crippen LogP contribution in [0.3, 0.4) is 0 Å². The van der Waals surface area contributed by atoms with Crippen LogP contribution in [0.1, 0.15) is 30.0 Å². The van der Waals surface area contributed by atoms with Crippen LogP contribution in [-0.2, 0) is 12.8 Å². The van der Waals surface area contributed by atoms with E-state index in [2.05, 4.69) is 73.8 Å². The zero-order valence-corrected chi connectivity index (χ0v) is 13.3. The molecule has 0 fully saturated rings. The van der Waals surface area contributed by atoms with Gasteiger partial charge >= 0.3 is 0 Å². The second-order valence-electron chi connectivity index (χ2n) is 5.89. The number of benzene rings is 2. The molecule has 0 aliphatic heterocycles. The maximum atomic E-state index is 3.60. The molecule has 21 heavy (non-hydrogen) atoms. The number of hydrogen-bond donors (Lipinski definition) is 1. The molecule has 0 spiro atoms. The van der Waals surface area contributed by atoms with Crippen molar-refractivity contribution in [1.29, 1.82) is 0 Å². The third kappa shape index (κ3) is 5.35. The van der Waals surface area contributed by atoms with Crippen LogP contribution < -0.4 is 5.32 Å². The van der Waals surface area contributed by atoms with Gasteiger partial charge in [0.05, 0.1) is 0 Å². The van der Waals surface area contributed by atoms with Crippen molar-refractivity contribution in [3.05, 3.63) is 71.3 Å². The molecule has 0 amide bonds. The Morgan fingerprint density at radius 2 is 1.62 bits per heavy atom. The van der Waals surface area contributed by atoms with Crippen LogP contribution in [-0.4, -0.2) is 13.1 Å². The highest BCUT2D eigenvalue weighted by Crippen LogP contribution is 2.17. The number of aryl methyl sites for hydroxylation is 1. The van der Waals surface area contributed by atoms with Crippen molar-refractivity contribution in [1.82, 2.24) is 5.32 Å². The van der Waals surface area contributed by atoms with Crippen LogP contribution in [0.2, 0.25) is 0 Å². The summed E-state index contributed by atoms with van der Waals surface area (Å²) in [5, 5.41) is 3.60. The van der Waals surface area contributed by atoms with Crippen LogP contribution in [0.25, 0.3) is 0 Å². The minimum atomic E-state index is 0.653. The van der Waals surface area contributed by atoms with E-state index < -0.39 is 0 Å².